The Morgan fingerprint density at radius 1 is 1.54 bits per heavy atom. The molecule has 0 atom stereocenters. The molecular weight excluding hydrogens is 192 g/mol. The molecule has 1 aliphatic carbocycles. The second kappa shape index (κ2) is 3.26. The summed E-state index contributed by atoms with van der Waals surface area (Å²) in [5.74, 6) is 0. The van der Waals surface area contributed by atoms with Crippen molar-refractivity contribution in [3.05, 3.63) is 28.2 Å². The Labute approximate surface area is 75.8 Å². The van der Waals surface area contributed by atoms with E-state index in [0.29, 0.717) is 5.57 Å². The molecule has 0 aromatic carbocycles. The van der Waals surface area contributed by atoms with Crippen LogP contribution in [0.4, 0.5) is 0 Å². The lowest BCUT2D eigenvalue weighted by molar-refractivity contribution is -0.00553. The summed E-state index contributed by atoms with van der Waals surface area (Å²) in [6, 6.07) is 0. The molecule has 0 unspecified atom stereocenters. The smallest absolute Gasteiger partial charge is 0.297 e. The van der Waals surface area contributed by atoms with E-state index in [4.69, 9.17) is 10.1 Å². The molecule has 6 heteroatoms. The first-order valence-corrected chi connectivity index (χ1v) is 4.95. The molecule has 0 aliphatic heterocycles. The minimum atomic E-state index is -4.18. The number of rotatable bonds is 1. The van der Waals surface area contributed by atoms with E-state index in [0.717, 1.165) is 0 Å². The lowest BCUT2D eigenvalue weighted by Gasteiger charge is -2.06. The first-order valence-electron chi connectivity index (χ1n) is 3.51. The van der Waals surface area contributed by atoms with Gasteiger partial charge in [0.05, 0.1) is 11.3 Å². The molecule has 0 amide bonds. The van der Waals surface area contributed by atoms with Gasteiger partial charge in [0.2, 0.25) is 0 Å². The minimum absolute atomic E-state index is 0.0718. The fraction of sp³-hybridized carbons (Fsp3) is 0.286. The summed E-state index contributed by atoms with van der Waals surface area (Å²) in [4.78, 5) is 2.74. The fourth-order valence-corrected chi connectivity index (χ4v) is 1.85. The van der Waals surface area contributed by atoms with Crippen LogP contribution in [0, 0.1) is 0 Å². The highest BCUT2D eigenvalue weighted by Gasteiger charge is 2.24. The van der Waals surface area contributed by atoms with Crippen LogP contribution in [0.3, 0.4) is 0 Å². The molecule has 1 aliphatic rings. The highest BCUT2D eigenvalue weighted by molar-refractivity contribution is 7.89. The van der Waals surface area contributed by atoms with Gasteiger partial charge in [-0.05, 0) is 12.5 Å². The Balaban J connectivity index is 3.25. The summed E-state index contributed by atoms with van der Waals surface area (Å²) in [5, 5.41) is 0. The standard InChI is InChI=1S/C7H8N2O3S/c1-5-2-3-6(9-8)4-7(5)13(10,11)12/h2-3H,4H2,1H3,(H,10,11,12). The molecule has 1 N–H and O–H groups in total. The van der Waals surface area contributed by atoms with Crippen LogP contribution in [0.25, 0.3) is 5.53 Å². The van der Waals surface area contributed by atoms with Gasteiger partial charge in [-0.25, -0.2) is 0 Å². The molecule has 13 heavy (non-hydrogen) atoms. The SMILES string of the molecule is CC1=C(S(=O)(=O)O)CC(=[N+]=[N-])C=C1. The second-order valence-corrected chi connectivity index (χ2v) is 4.13. The van der Waals surface area contributed by atoms with Crippen molar-refractivity contribution in [3.8, 4) is 0 Å². The molecule has 0 saturated carbocycles. The van der Waals surface area contributed by atoms with Gasteiger partial charge in [0.25, 0.3) is 15.8 Å². The van der Waals surface area contributed by atoms with Crippen LogP contribution in [0.5, 0.6) is 0 Å². The maximum Gasteiger partial charge on any atom is 0.297 e. The maximum atomic E-state index is 10.8. The molecule has 70 valence electrons. The average Bonchev–Trinajstić information content (AvgIpc) is 2.03. The molecule has 0 aromatic heterocycles. The molecule has 1 rings (SSSR count). The zero-order valence-electron chi connectivity index (χ0n) is 6.93. The van der Waals surface area contributed by atoms with E-state index in [1.165, 1.54) is 12.2 Å². The number of hydrogen-bond acceptors (Lipinski definition) is 2. The van der Waals surface area contributed by atoms with E-state index in [-0.39, 0.29) is 17.0 Å². The third kappa shape index (κ3) is 2.12. The van der Waals surface area contributed by atoms with Crippen LogP contribution >= 0.6 is 0 Å². The van der Waals surface area contributed by atoms with E-state index < -0.39 is 10.1 Å². The van der Waals surface area contributed by atoms with Crippen LogP contribution in [-0.4, -0.2) is 23.5 Å². The van der Waals surface area contributed by atoms with Crippen LogP contribution in [0.1, 0.15) is 13.3 Å². The maximum absolute atomic E-state index is 10.8. The van der Waals surface area contributed by atoms with Crippen molar-refractivity contribution >= 4 is 15.8 Å². The summed E-state index contributed by atoms with van der Waals surface area (Å²) in [5.41, 5.74) is 9.06. The van der Waals surface area contributed by atoms with Gasteiger partial charge >= 0.3 is 0 Å². The summed E-state index contributed by atoms with van der Waals surface area (Å²) in [7, 11) is -4.18. The number of nitrogens with zero attached hydrogens (tertiary/aromatic N) is 2. The molecule has 0 heterocycles. The van der Waals surface area contributed by atoms with Crippen molar-refractivity contribution in [1.82, 2.24) is 0 Å². The van der Waals surface area contributed by atoms with Gasteiger partial charge in [0, 0.05) is 6.08 Å². The summed E-state index contributed by atoms with van der Waals surface area (Å²) in [6.45, 7) is 1.56. The number of hydrogen-bond donors (Lipinski definition) is 1. The Kier molecular flexibility index (Phi) is 2.47. The van der Waals surface area contributed by atoms with Crippen LogP contribution in [-0.2, 0) is 10.1 Å². The summed E-state index contributed by atoms with van der Waals surface area (Å²) < 4.78 is 30.3. The predicted molar refractivity (Wildman–Crippen MR) is 46.6 cm³/mol. The van der Waals surface area contributed by atoms with E-state index in [2.05, 4.69) is 4.79 Å². The van der Waals surface area contributed by atoms with Crippen molar-refractivity contribution in [2.45, 2.75) is 13.3 Å². The zero-order chi connectivity index (χ0) is 10.1. The van der Waals surface area contributed by atoms with Gasteiger partial charge in [0.15, 0.2) is 0 Å². The van der Waals surface area contributed by atoms with Crippen LogP contribution < -0.4 is 0 Å². The average molecular weight is 200 g/mol. The first kappa shape index (κ1) is 9.85. The highest BCUT2D eigenvalue weighted by atomic mass is 32.2. The summed E-state index contributed by atoms with van der Waals surface area (Å²) >= 11 is 0. The molecule has 0 fully saturated rings. The van der Waals surface area contributed by atoms with Gasteiger partial charge in [-0.1, -0.05) is 6.08 Å². The van der Waals surface area contributed by atoms with Gasteiger partial charge < -0.3 is 5.53 Å². The monoisotopic (exact) mass is 200 g/mol. The fourth-order valence-electron chi connectivity index (χ4n) is 1.04. The second-order valence-electron chi connectivity index (χ2n) is 2.68. The van der Waals surface area contributed by atoms with E-state index >= 15 is 0 Å². The van der Waals surface area contributed by atoms with Crippen LogP contribution in [0.2, 0.25) is 0 Å². The molecule has 0 spiro atoms. The Bertz CT molecular complexity index is 438. The predicted octanol–water partition coefficient (Wildman–Crippen LogP) is 0.779. The zero-order valence-corrected chi connectivity index (χ0v) is 7.74. The van der Waals surface area contributed by atoms with E-state index in [1.807, 2.05) is 0 Å². The van der Waals surface area contributed by atoms with Gasteiger partial charge in [-0.3, -0.25) is 4.55 Å². The Morgan fingerprint density at radius 2 is 2.15 bits per heavy atom. The third-order valence-electron chi connectivity index (χ3n) is 1.75. The summed E-state index contributed by atoms with van der Waals surface area (Å²) in [6.07, 6.45) is 2.89. The lowest BCUT2D eigenvalue weighted by Crippen LogP contribution is -2.12. The van der Waals surface area contributed by atoms with Gasteiger partial charge in [0.1, 0.15) is 0 Å². The number of allylic oxidation sites excluding steroid dienone is 4. The molecule has 0 saturated heterocycles. The molecular formula is C7H8N2O3S. The lowest BCUT2D eigenvalue weighted by atomic mass is 10.1. The topological polar surface area (TPSA) is 90.8 Å². The highest BCUT2D eigenvalue weighted by Crippen LogP contribution is 2.20. The van der Waals surface area contributed by atoms with E-state index in [1.54, 1.807) is 6.92 Å². The largest absolute Gasteiger partial charge is 0.361 e. The van der Waals surface area contributed by atoms with Crippen molar-refractivity contribution in [3.63, 3.8) is 0 Å². The molecule has 5 nitrogen and oxygen atoms in total. The molecule has 0 bridgehead atoms. The minimum Gasteiger partial charge on any atom is -0.361 e. The van der Waals surface area contributed by atoms with Gasteiger partial charge in [-0.15, -0.1) is 0 Å². The first-order chi connectivity index (χ1) is 5.95. The van der Waals surface area contributed by atoms with Crippen LogP contribution in [0.15, 0.2) is 22.6 Å². The van der Waals surface area contributed by atoms with Crippen molar-refractivity contribution in [2.75, 3.05) is 0 Å². The third-order valence-corrected chi connectivity index (χ3v) is 2.84. The van der Waals surface area contributed by atoms with Crippen molar-refractivity contribution < 1.29 is 17.8 Å². The Morgan fingerprint density at radius 3 is 2.62 bits per heavy atom. The normalized spacial score (nSPS) is 17.5. The molecule has 0 aromatic rings. The quantitative estimate of drug-likeness (QED) is 0.385. The van der Waals surface area contributed by atoms with E-state index in [9.17, 15) is 8.42 Å². The molecule has 0 radical (unpaired) electrons. The Hall–Kier alpha value is -1.23. The van der Waals surface area contributed by atoms with Crippen molar-refractivity contribution in [2.24, 2.45) is 0 Å². The van der Waals surface area contributed by atoms with Crippen molar-refractivity contribution in [1.29, 1.82) is 0 Å². The van der Waals surface area contributed by atoms with Gasteiger partial charge in [-0.2, -0.15) is 13.2 Å².